The molecular weight excluding hydrogens is 350 g/mol. The first kappa shape index (κ1) is 19.9. The van der Waals surface area contributed by atoms with E-state index in [9.17, 15) is 13.2 Å². The Morgan fingerprint density at radius 3 is 2.42 bits per heavy atom. The number of hydrogen-bond donors (Lipinski definition) is 2. The normalized spacial score (nSPS) is 11.4. The Kier molecular flexibility index (Phi) is 6.76. The zero-order valence-corrected chi connectivity index (χ0v) is 16.1. The van der Waals surface area contributed by atoms with E-state index in [2.05, 4.69) is 14.9 Å². The highest BCUT2D eigenvalue weighted by Gasteiger charge is 2.16. The van der Waals surface area contributed by atoms with E-state index in [0.717, 1.165) is 18.5 Å². The molecule has 140 valence electrons. The van der Waals surface area contributed by atoms with Crippen LogP contribution in [0, 0.1) is 6.92 Å². The van der Waals surface area contributed by atoms with Crippen molar-refractivity contribution in [2.75, 3.05) is 31.9 Å². The van der Waals surface area contributed by atoms with Crippen LogP contribution in [-0.4, -0.2) is 46.4 Å². The van der Waals surface area contributed by atoms with Gasteiger partial charge in [-0.05, 0) is 63.8 Å². The van der Waals surface area contributed by atoms with Crippen molar-refractivity contribution >= 4 is 21.6 Å². The number of sulfonamides is 1. The average Bonchev–Trinajstić information content (AvgIpc) is 2.61. The minimum Gasteiger partial charge on any atom is -0.352 e. The maximum Gasteiger partial charge on any atom is 0.261 e. The molecule has 2 N–H and O–H groups in total. The highest BCUT2D eigenvalue weighted by molar-refractivity contribution is 7.92. The lowest BCUT2D eigenvalue weighted by Crippen LogP contribution is -2.27. The zero-order valence-electron chi connectivity index (χ0n) is 15.3. The molecule has 0 saturated heterocycles. The maximum atomic E-state index is 12.5. The van der Waals surface area contributed by atoms with Gasteiger partial charge in [0, 0.05) is 12.1 Å². The van der Waals surface area contributed by atoms with Crippen LogP contribution < -0.4 is 10.0 Å². The topological polar surface area (TPSA) is 78.5 Å². The third-order valence-electron chi connectivity index (χ3n) is 3.87. The number of benzene rings is 2. The molecule has 2 rings (SSSR count). The minimum absolute atomic E-state index is 0.179. The molecule has 2 aromatic carbocycles. The third-order valence-corrected chi connectivity index (χ3v) is 5.25. The van der Waals surface area contributed by atoms with Crippen molar-refractivity contribution in [2.24, 2.45) is 0 Å². The van der Waals surface area contributed by atoms with Crippen LogP contribution >= 0.6 is 0 Å². The van der Waals surface area contributed by atoms with E-state index in [1.165, 1.54) is 12.1 Å². The summed E-state index contributed by atoms with van der Waals surface area (Å²) >= 11 is 0. The van der Waals surface area contributed by atoms with Gasteiger partial charge in [-0.2, -0.15) is 0 Å². The molecule has 0 bridgehead atoms. The van der Waals surface area contributed by atoms with E-state index in [0.29, 0.717) is 17.8 Å². The molecule has 0 atom stereocenters. The van der Waals surface area contributed by atoms with Gasteiger partial charge in [0.1, 0.15) is 0 Å². The Morgan fingerprint density at radius 1 is 1.08 bits per heavy atom. The van der Waals surface area contributed by atoms with E-state index in [1.54, 1.807) is 43.3 Å². The third kappa shape index (κ3) is 5.57. The fraction of sp³-hybridized carbons (Fsp3) is 0.316. The fourth-order valence-electron chi connectivity index (χ4n) is 2.38. The van der Waals surface area contributed by atoms with Gasteiger partial charge in [0.05, 0.1) is 10.6 Å². The zero-order chi connectivity index (χ0) is 19.2. The largest absolute Gasteiger partial charge is 0.352 e. The molecule has 0 aliphatic carbocycles. The van der Waals surface area contributed by atoms with Gasteiger partial charge in [-0.1, -0.05) is 24.3 Å². The lowest BCUT2D eigenvalue weighted by Gasteiger charge is -2.13. The number of carbonyl (C=O) groups is 1. The Hall–Kier alpha value is -2.38. The second-order valence-corrected chi connectivity index (χ2v) is 8.04. The van der Waals surface area contributed by atoms with Crippen molar-refractivity contribution in [2.45, 2.75) is 18.2 Å². The lowest BCUT2D eigenvalue weighted by molar-refractivity contribution is 0.0952. The second-order valence-electron chi connectivity index (χ2n) is 6.36. The van der Waals surface area contributed by atoms with E-state index in [4.69, 9.17) is 0 Å². The van der Waals surface area contributed by atoms with Gasteiger partial charge in [-0.3, -0.25) is 9.52 Å². The van der Waals surface area contributed by atoms with Crippen LogP contribution in [0.25, 0.3) is 0 Å². The highest BCUT2D eigenvalue weighted by atomic mass is 32.2. The summed E-state index contributed by atoms with van der Waals surface area (Å²) in [5.74, 6) is -0.219. The first-order chi connectivity index (χ1) is 12.3. The highest BCUT2D eigenvalue weighted by Crippen LogP contribution is 2.21. The van der Waals surface area contributed by atoms with Crippen LogP contribution in [0.2, 0.25) is 0 Å². The van der Waals surface area contributed by atoms with Gasteiger partial charge in [0.2, 0.25) is 0 Å². The summed E-state index contributed by atoms with van der Waals surface area (Å²) in [5, 5.41) is 2.85. The number of nitrogens with zero attached hydrogens (tertiary/aromatic N) is 1. The van der Waals surface area contributed by atoms with E-state index in [-0.39, 0.29) is 10.8 Å². The van der Waals surface area contributed by atoms with Crippen LogP contribution in [0.4, 0.5) is 5.69 Å². The fourth-order valence-corrected chi connectivity index (χ4v) is 3.52. The summed E-state index contributed by atoms with van der Waals surface area (Å²) in [4.78, 5) is 14.5. The smallest absolute Gasteiger partial charge is 0.261 e. The molecule has 0 spiro atoms. The molecule has 6 nitrogen and oxygen atoms in total. The van der Waals surface area contributed by atoms with Gasteiger partial charge in [-0.25, -0.2) is 8.42 Å². The van der Waals surface area contributed by atoms with Crippen molar-refractivity contribution in [3.05, 3.63) is 59.7 Å². The van der Waals surface area contributed by atoms with Crippen molar-refractivity contribution in [1.29, 1.82) is 0 Å². The van der Waals surface area contributed by atoms with Crippen LogP contribution in [0.15, 0.2) is 53.4 Å². The predicted octanol–water partition coefficient (Wildman–Crippen LogP) is 2.48. The van der Waals surface area contributed by atoms with Gasteiger partial charge in [0.25, 0.3) is 15.9 Å². The number of nitrogens with one attached hydrogen (secondary N) is 2. The Morgan fingerprint density at radius 2 is 1.77 bits per heavy atom. The van der Waals surface area contributed by atoms with E-state index in [1.807, 2.05) is 14.1 Å². The molecule has 2 aromatic rings. The number of amides is 1. The molecule has 0 aliphatic heterocycles. The molecule has 0 heterocycles. The van der Waals surface area contributed by atoms with Crippen LogP contribution in [0.1, 0.15) is 22.3 Å². The number of anilines is 1. The summed E-state index contributed by atoms with van der Waals surface area (Å²) in [5.41, 5.74) is 1.56. The van der Waals surface area contributed by atoms with Gasteiger partial charge in [0.15, 0.2) is 0 Å². The van der Waals surface area contributed by atoms with Crippen molar-refractivity contribution in [3.63, 3.8) is 0 Å². The molecule has 0 saturated carbocycles. The predicted molar refractivity (Wildman–Crippen MR) is 104 cm³/mol. The summed E-state index contributed by atoms with van der Waals surface area (Å²) in [6.45, 7) is 3.24. The minimum atomic E-state index is -3.70. The summed E-state index contributed by atoms with van der Waals surface area (Å²) < 4.78 is 27.6. The lowest BCUT2D eigenvalue weighted by atomic mass is 10.1. The molecule has 7 heteroatoms. The number of carbonyl (C=O) groups excluding carboxylic acids is 1. The van der Waals surface area contributed by atoms with Crippen molar-refractivity contribution in [1.82, 2.24) is 10.2 Å². The summed E-state index contributed by atoms with van der Waals surface area (Å²) in [6.07, 6.45) is 0.845. The molecule has 0 fully saturated rings. The standard InChI is InChI=1S/C19H25N3O3S/c1-15-10-11-16(19(23)20-12-7-13-22(2)3)14-18(15)21-26(24,25)17-8-5-4-6-9-17/h4-6,8-11,14,21H,7,12-13H2,1-3H3,(H,20,23). The number of aryl methyl sites for hydroxylation is 1. The molecule has 0 unspecified atom stereocenters. The SMILES string of the molecule is Cc1ccc(C(=O)NCCCN(C)C)cc1NS(=O)(=O)c1ccccc1. The van der Waals surface area contributed by atoms with Crippen molar-refractivity contribution in [3.8, 4) is 0 Å². The van der Waals surface area contributed by atoms with Crippen LogP contribution in [0.5, 0.6) is 0 Å². The Bertz CT molecular complexity index is 850. The van der Waals surface area contributed by atoms with Crippen LogP contribution in [-0.2, 0) is 10.0 Å². The molecule has 0 radical (unpaired) electrons. The maximum absolute atomic E-state index is 12.5. The summed E-state index contributed by atoms with van der Waals surface area (Å²) in [7, 11) is 0.262. The molecule has 0 aromatic heterocycles. The van der Waals surface area contributed by atoms with Gasteiger partial charge in [-0.15, -0.1) is 0 Å². The van der Waals surface area contributed by atoms with Gasteiger partial charge < -0.3 is 10.2 Å². The molecular formula is C19H25N3O3S. The second kappa shape index (κ2) is 8.82. The van der Waals surface area contributed by atoms with Crippen LogP contribution in [0.3, 0.4) is 0 Å². The van der Waals surface area contributed by atoms with Crippen molar-refractivity contribution < 1.29 is 13.2 Å². The quantitative estimate of drug-likeness (QED) is 0.695. The molecule has 26 heavy (non-hydrogen) atoms. The molecule has 1 amide bonds. The first-order valence-electron chi connectivity index (χ1n) is 8.41. The monoisotopic (exact) mass is 375 g/mol. The number of rotatable bonds is 8. The first-order valence-corrected chi connectivity index (χ1v) is 9.89. The van der Waals surface area contributed by atoms with Gasteiger partial charge >= 0.3 is 0 Å². The van der Waals surface area contributed by atoms with E-state index < -0.39 is 10.0 Å². The summed E-state index contributed by atoms with van der Waals surface area (Å²) in [6, 6.07) is 13.1. The Balaban J connectivity index is 2.11. The number of hydrogen-bond acceptors (Lipinski definition) is 4. The Labute approximate surface area is 155 Å². The molecule has 0 aliphatic rings. The van der Waals surface area contributed by atoms with E-state index >= 15 is 0 Å². The average molecular weight is 375 g/mol.